The van der Waals surface area contributed by atoms with Crippen molar-refractivity contribution in [3.8, 4) is 17.2 Å². The lowest BCUT2D eigenvalue weighted by atomic mass is 10.2. The minimum atomic E-state index is -0.314. The predicted molar refractivity (Wildman–Crippen MR) is 78.4 cm³/mol. The fourth-order valence-corrected chi connectivity index (χ4v) is 1.96. The summed E-state index contributed by atoms with van der Waals surface area (Å²) < 4.78 is 15.9. The summed E-state index contributed by atoms with van der Waals surface area (Å²) >= 11 is 0. The van der Waals surface area contributed by atoms with Crippen LogP contribution in [-0.4, -0.2) is 31.0 Å². The Bertz CT molecular complexity index is 716. The molecule has 1 aromatic carbocycles. The molecule has 7 heteroatoms. The van der Waals surface area contributed by atoms with Crippen molar-refractivity contribution in [1.29, 1.82) is 0 Å². The fraction of sp³-hybridized carbons (Fsp3) is 0.133. The van der Waals surface area contributed by atoms with Gasteiger partial charge < -0.3 is 14.2 Å². The molecule has 22 heavy (non-hydrogen) atoms. The maximum Gasteiger partial charge on any atom is 0.271 e. The zero-order valence-electron chi connectivity index (χ0n) is 11.8. The molecular formula is C15H13N3O4. The van der Waals surface area contributed by atoms with E-state index in [0.717, 1.165) is 5.56 Å². The Kier molecular flexibility index (Phi) is 3.86. The second-order valence-corrected chi connectivity index (χ2v) is 4.39. The molecule has 1 amide bonds. The van der Waals surface area contributed by atoms with Gasteiger partial charge >= 0.3 is 0 Å². The van der Waals surface area contributed by atoms with E-state index in [1.165, 1.54) is 6.21 Å². The number of hydrogen-bond acceptors (Lipinski definition) is 6. The molecule has 0 spiro atoms. The van der Waals surface area contributed by atoms with E-state index in [0.29, 0.717) is 22.8 Å². The van der Waals surface area contributed by atoms with Crippen LogP contribution in [0.3, 0.4) is 0 Å². The van der Waals surface area contributed by atoms with Crippen LogP contribution in [0.2, 0.25) is 0 Å². The van der Waals surface area contributed by atoms with Crippen molar-refractivity contribution in [2.75, 3.05) is 13.9 Å². The molecule has 0 saturated heterocycles. The number of nitrogens with zero attached hydrogens (tertiary/aromatic N) is 2. The number of hydrazone groups is 1. The van der Waals surface area contributed by atoms with Gasteiger partial charge in [0.1, 0.15) is 0 Å². The zero-order valence-corrected chi connectivity index (χ0v) is 11.8. The average molecular weight is 299 g/mol. The quantitative estimate of drug-likeness (QED) is 0.684. The number of aromatic nitrogens is 1. The molecule has 1 aliphatic rings. The summed E-state index contributed by atoms with van der Waals surface area (Å²) in [7, 11) is 1.55. The van der Waals surface area contributed by atoms with Crippen molar-refractivity contribution in [1.82, 2.24) is 10.4 Å². The van der Waals surface area contributed by atoms with Crippen LogP contribution in [0.25, 0.3) is 0 Å². The minimum Gasteiger partial charge on any atom is -0.493 e. The Morgan fingerprint density at radius 2 is 2.18 bits per heavy atom. The number of hydrogen-bond donors (Lipinski definition) is 1. The van der Waals surface area contributed by atoms with Gasteiger partial charge in [-0.1, -0.05) is 0 Å². The zero-order chi connectivity index (χ0) is 15.4. The third-order valence-corrected chi connectivity index (χ3v) is 3.00. The monoisotopic (exact) mass is 299 g/mol. The largest absolute Gasteiger partial charge is 0.493 e. The molecule has 7 nitrogen and oxygen atoms in total. The Morgan fingerprint density at radius 1 is 1.36 bits per heavy atom. The second-order valence-electron chi connectivity index (χ2n) is 4.39. The molecule has 0 radical (unpaired) electrons. The molecule has 1 aromatic heterocycles. The normalized spacial score (nSPS) is 12.4. The maximum absolute atomic E-state index is 11.8. The number of methoxy groups -OCH3 is 1. The van der Waals surface area contributed by atoms with Gasteiger partial charge in [-0.05, 0) is 24.3 Å². The van der Waals surface area contributed by atoms with Gasteiger partial charge in [-0.25, -0.2) is 5.43 Å². The molecule has 112 valence electrons. The van der Waals surface area contributed by atoms with E-state index in [1.807, 2.05) is 0 Å². The van der Waals surface area contributed by atoms with Gasteiger partial charge in [0.25, 0.3) is 5.91 Å². The number of benzene rings is 1. The first-order chi connectivity index (χ1) is 10.8. The van der Waals surface area contributed by atoms with Crippen LogP contribution >= 0.6 is 0 Å². The van der Waals surface area contributed by atoms with Gasteiger partial charge in [-0.15, -0.1) is 0 Å². The van der Waals surface area contributed by atoms with Gasteiger partial charge in [0.2, 0.25) is 12.5 Å². The molecule has 0 bridgehead atoms. The fourth-order valence-electron chi connectivity index (χ4n) is 1.96. The van der Waals surface area contributed by atoms with Crippen LogP contribution in [-0.2, 0) is 0 Å². The molecule has 1 N–H and O–H groups in total. The predicted octanol–water partition coefficient (Wildman–Crippen LogP) is 1.58. The van der Waals surface area contributed by atoms with Gasteiger partial charge in [0.05, 0.1) is 13.3 Å². The average Bonchev–Trinajstić information content (AvgIpc) is 3.03. The van der Waals surface area contributed by atoms with Gasteiger partial charge in [-0.2, -0.15) is 5.10 Å². The van der Waals surface area contributed by atoms with E-state index in [1.54, 1.807) is 43.8 Å². The summed E-state index contributed by atoms with van der Waals surface area (Å²) in [6.45, 7) is 0.158. The first-order valence-corrected chi connectivity index (χ1v) is 6.49. The van der Waals surface area contributed by atoms with E-state index in [9.17, 15) is 4.79 Å². The van der Waals surface area contributed by atoms with Crippen LogP contribution in [0.15, 0.2) is 41.8 Å². The van der Waals surface area contributed by atoms with Crippen LogP contribution < -0.4 is 19.6 Å². The lowest BCUT2D eigenvalue weighted by Gasteiger charge is -2.05. The SMILES string of the molecule is COc1cc(/C=N/NC(=O)c2ccncc2)cc2c1OCO2. The molecule has 0 atom stereocenters. The van der Waals surface area contributed by atoms with Gasteiger partial charge in [-0.3, -0.25) is 9.78 Å². The summed E-state index contributed by atoms with van der Waals surface area (Å²) in [6.07, 6.45) is 4.59. The Hall–Kier alpha value is -3.09. The van der Waals surface area contributed by atoms with Crippen molar-refractivity contribution in [3.63, 3.8) is 0 Å². The van der Waals surface area contributed by atoms with E-state index < -0.39 is 0 Å². The van der Waals surface area contributed by atoms with Crippen LogP contribution in [0, 0.1) is 0 Å². The highest BCUT2D eigenvalue weighted by Crippen LogP contribution is 2.41. The third-order valence-electron chi connectivity index (χ3n) is 3.00. The van der Waals surface area contributed by atoms with Crippen molar-refractivity contribution in [3.05, 3.63) is 47.8 Å². The van der Waals surface area contributed by atoms with E-state index >= 15 is 0 Å². The smallest absolute Gasteiger partial charge is 0.271 e. The number of pyridine rings is 1. The number of carbonyl (C=O) groups excluding carboxylic acids is 1. The minimum absolute atomic E-state index is 0.158. The first-order valence-electron chi connectivity index (χ1n) is 6.49. The highest BCUT2D eigenvalue weighted by atomic mass is 16.7. The lowest BCUT2D eigenvalue weighted by Crippen LogP contribution is -2.17. The standard InChI is InChI=1S/C15H13N3O4/c1-20-12-6-10(7-13-14(12)22-9-21-13)8-17-18-15(19)11-2-4-16-5-3-11/h2-8H,9H2,1H3,(H,18,19)/b17-8+. The Balaban J connectivity index is 1.72. The first kappa shape index (κ1) is 13.9. The van der Waals surface area contributed by atoms with Crippen LogP contribution in [0.5, 0.6) is 17.2 Å². The number of fused-ring (bicyclic) bond motifs is 1. The molecule has 3 rings (SSSR count). The number of nitrogens with one attached hydrogen (secondary N) is 1. The van der Waals surface area contributed by atoms with E-state index in [-0.39, 0.29) is 12.7 Å². The molecule has 2 heterocycles. The molecule has 1 aliphatic heterocycles. The number of ether oxygens (including phenoxy) is 3. The topological polar surface area (TPSA) is 82.0 Å². The molecule has 0 fully saturated rings. The molecule has 0 saturated carbocycles. The summed E-state index contributed by atoms with van der Waals surface area (Å²) in [5.74, 6) is 1.39. The molecule has 0 aliphatic carbocycles. The number of rotatable bonds is 4. The Morgan fingerprint density at radius 3 is 2.95 bits per heavy atom. The molecule has 2 aromatic rings. The van der Waals surface area contributed by atoms with Crippen molar-refractivity contribution >= 4 is 12.1 Å². The number of amides is 1. The third kappa shape index (κ3) is 2.83. The lowest BCUT2D eigenvalue weighted by molar-refractivity contribution is 0.0955. The Labute approximate surface area is 126 Å². The van der Waals surface area contributed by atoms with Crippen LogP contribution in [0.4, 0.5) is 0 Å². The van der Waals surface area contributed by atoms with Crippen LogP contribution in [0.1, 0.15) is 15.9 Å². The van der Waals surface area contributed by atoms with Gasteiger partial charge in [0.15, 0.2) is 11.5 Å². The highest BCUT2D eigenvalue weighted by Gasteiger charge is 2.19. The maximum atomic E-state index is 11.8. The molecule has 0 unspecified atom stereocenters. The summed E-state index contributed by atoms with van der Waals surface area (Å²) in [6, 6.07) is 6.71. The van der Waals surface area contributed by atoms with Gasteiger partial charge in [0, 0.05) is 23.5 Å². The van der Waals surface area contributed by atoms with E-state index in [4.69, 9.17) is 14.2 Å². The summed E-state index contributed by atoms with van der Waals surface area (Å²) in [5, 5.41) is 3.92. The highest BCUT2D eigenvalue weighted by molar-refractivity contribution is 5.94. The van der Waals surface area contributed by atoms with Crippen molar-refractivity contribution in [2.45, 2.75) is 0 Å². The second kappa shape index (κ2) is 6.13. The summed E-state index contributed by atoms with van der Waals surface area (Å²) in [5.41, 5.74) is 3.64. The van der Waals surface area contributed by atoms with Crippen molar-refractivity contribution < 1.29 is 19.0 Å². The number of carbonyl (C=O) groups is 1. The van der Waals surface area contributed by atoms with E-state index in [2.05, 4.69) is 15.5 Å². The molecular weight excluding hydrogens is 286 g/mol. The van der Waals surface area contributed by atoms with Crippen molar-refractivity contribution in [2.24, 2.45) is 5.10 Å². The summed E-state index contributed by atoms with van der Waals surface area (Å²) in [4.78, 5) is 15.7.